The molecular formula is C10H18O2. The number of rotatable bonds is 4. The Labute approximate surface area is 74.0 Å². The third-order valence-electron chi connectivity index (χ3n) is 3.19. The van der Waals surface area contributed by atoms with Gasteiger partial charge in [0.2, 0.25) is 0 Å². The first-order valence-electron chi connectivity index (χ1n) is 4.74. The SMILES string of the molecule is CCCC[C@H]1[C@H](C(=O)O)C1(C)C. The summed E-state index contributed by atoms with van der Waals surface area (Å²) in [5.74, 6) is -0.264. The molecule has 12 heavy (non-hydrogen) atoms. The standard InChI is InChI=1S/C10H18O2/c1-4-5-6-7-8(9(11)12)10(7,2)3/h7-8H,4-6H2,1-3H3,(H,11,12)/t7-,8+/m0/s1. The fraction of sp³-hybridized carbons (Fsp3) is 0.900. The van der Waals surface area contributed by atoms with E-state index in [9.17, 15) is 4.79 Å². The topological polar surface area (TPSA) is 37.3 Å². The summed E-state index contributed by atoms with van der Waals surface area (Å²) < 4.78 is 0. The van der Waals surface area contributed by atoms with Crippen LogP contribution in [0.25, 0.3) is 0 Å². The molecule has 70 valence electrons. The molecule has 1 aliphatic carbocycles. The average Bonchev–Trinajstić information content (AvgIpc) is 2.49. The van der Waals surface area contributed by atoms with Crippen LogP contribution in [0.1, 0.15) is 40.0 Å². The van der Waals surface area contributed by atoms with Crippen molar-refractivity contribution in [3.05, 3.63) is 0 Å². The van der Waals surface area contributed by atoms with Gasteiger partial charge in [-0.25, -0.2) is 0 Å². The molecule has 1 rings (SSSR count). The molecule has 0 saturated heterocycles. The quantitative estimate of drug-likeness (QED) is 0.704. The Morgan fingerprint density at radius 3 is 2.42 bits per heavy atom. The van der Waals surface area contributed by atoms with Crippen LogP contribution in [0.5, 0.6) is 0 Å². The van der Waals surface area contributed by atoms with Crippen LogP contribution in [0.4, 0.5) is 0 Å². The molecule has 2 nitrogen and oxygen atoms in total. The zero-order chi connectivity index (χ0) is 9.35. The highest BCUT2D eigenvalue weighted by atomic mass is 16.4. The normalized spacial score (nSPS) is 31.6. The second-order valence-corrected chi connectivity index (χ2v) is 4.39. The first-order valence-corrected chi connectivity index (χ1v) is 4.74. The molecule has 1 fully saturated rings. The van der Waals surface area contributed by atoms with Gasteiger partial charge < -0.3 is 5.11 Å². The van der Waals surface area contributed by atoms with Crippen molar-refractivity contribution in [3.63, 3.8) is 0 Å². The molecule has 0 aromatic rings. The zero-order valence-corrected chi connectivity index (χ0v) is 8.13. The van der Waals surface area contributed by atoms with E-state index in [1.807, 2.05) is 0 Å². The van der Waals surface area contributed by atoms with Crippen molar-refractivity contribution in [3.8, 4) is 0 Å². The molecule has 0 aliphatic heterocycles. The Bertz CT molecular complexity index is 184. The first kappa shape index (κ1) is 9.56. The van der Waals surface area contributed by atoms with Crippen LogP contribution in [0.15, 0.2) is 0 Å². The summed E-state index contributed by atoms with van der Waals surface area (Å²) in [4.78, 5) is 10.8. The fourth-order valence-electron chi connectivity index (χ4n) is 2.20. The lowest BCUT2D eigenvalue weighted by Gasteiger charge is -1.99. The minimum Gasteiger partial charge on any atom is -0.481 e. The predicted molar refractivity (Wildman–Crippen MR) is 47.9 cm³/mol. The highest BCUT2D eigenvalue weighted by molar-refractivity contribution is 5.75. The number of carbonyl (C=O) groups is 1. The van der Waals surface area contributed by atoms with Gasteiger partial charge in [0.1, 0.15) is 0 Å². The fourth-order valence-corrected chi connectivity index (χ4v) is 2.20. The second-order valence-electron chi connectivity index (χ2n) is 4.39. The summed E-state index contributed by atoms with van der Waals surface area (Å²) in [5.41, 5.74) is 0.0566. The van der Waals surface area contributed by atoms with Gasteiger partial charge in [-0.05, 0) is 17.8 Å². The van der Waals surface area contributed by atoms with Crippen molar-refractivity contribution in [1.29, 1.82) is 0 Å². The number of aliphatic carboxylic acids is 1. The van der Waals surface area contributed by atoms with Crippen LogP contribution in [0, 0.1) is 17.3 Å². The van der Waals surface area contributed by atoms with Crippen molar-refractivity contribution in [2.45, 2.75) is 40.0 Å². The molecule has 0 heterocycles. The van der Waals surface area contributed by atoms with E-state index in [0.717, 1.165) is 12.8 Å². The molecule has 1 saturated carbocycles. The third-order valence-corrected chi connectivity index (χ3v) is 3.19. The van der Waals surface area contributed by atoms with Gasteiger partial charge in [0.05, 0.1) is 5.92 Å². The molecule has 0 unspecified atom stereocenters. The van der Waals surface area contributed by atoms with E-state index in [2.05, 4.69) is 20.8 Å². The molecule has 0 radical (unpaired) electrons. The Morgan fingerprint density at radius 2 is 2.08 bits per heavy atom. The van der Waals surface area contributed by atoms with Crippen molar-refractivity contribution < 1.29 is 9.90 Å². The van der Waals surface area contributed by atoms with Gasteiger partial charge >= 0.3 is 5.97 Å². The smallest absolute Gasteiger partial charge is 0.307 e. The molecule has 1 aliphatic rings. The Kier molecular flexibility index (Phi) is 2.45. The zero-order valence-electron chi connectivity index (χ0n) is 8.13. The summed E-state index contributed by atoms with van der Waals surface area (Å²) in [7, 11) is 0. The molecule has 0 aromatic heterocycles. The lowest BCUT2D eigenvalue weighted by molar-refractivity contribution is -0.139. The molecule has 2 heteroatoms. The minimum absolute atomic E-state index is 0.0566. The summed E-state index contributed by atoms with van der Waals surface area (Å²) in [6, 6.07) is 0. The van der Waals surface area contributed by atoms with Gasteiger partial charge in [0.15, 0.2) is 0 Å². The molecule has 0 spiro atoms. The Hall–Kier alpha value is -0.530. The van der Waals surface area contributed by atoms with Crippen LogP contribution < -0.4 is 0 Å². The predicted octanol–water partition coefficient (Wildman–Crippen LogP) is 2.53. The number of carboxylic acid groups (broad SMARTS) is 1. The van der Waals surface area contributed by atoms with Crippen LogP contribution in [0.3, 0.4) is 0 Å². The molecular weight excluding hydrogens is 152 g/mol. The number of unbranched alkanes of at least 4 members (excludes halogenated alkanes) is 1. The molecule has 0 amide bonds. The second kappa shape index (κ2) is 3.08. The molecule has 0 aromatic carbocycles. The first-order chi connectivity index (χ1) is 5.51. The van der Waals surface area contributed by atoms with E-state index in [1.165, 1.54) is 6.42 Å². The minimum atomic E-state index is -0.610. The maximum atomic E-state index is 10.8. The third kappa shape index (κ3) is 1.47. The van der Waals surface area contributed by atoms with E-state index in [4.69, 9.17) is 5.11 Å². The van der Waals surface area contributed by atoms with E-state index in [-0.39, 0.29) is 11.3 Å². The highest BCUT2D eigenvalue weighted by Crippen LogP contribution is 2.60. The average molecular weight is 170 g/mol. The van der Waals surface area contributed by atoms with Crippen molar-refractivity contribution >= 4 is 5.97 Å². The lowest BCUT2D eigenvalue weighted by atomic mass is 10.1. The lowest BCUT2D eigenvalue weighted by Crippen LogP contribution is -2.03. The summed E-state index contributed by atoms with van der Waals surface area (Å²) in [5, 5.41) is 8.86. The maximum absolute atomic E-state index is 10.8. The van der Waals surface area contributed by atoms with E-state index < -0.39 is 5.97 Å². The van der Waals surface area contributed by atoms with Crippen LogP contribution in [-0.2, 0) is 4.79 Å². The summed E-state index contributed by atoms with van der Waals surface area (Å²) >= 11 is 0. The molecule has 2 atom stereocenters. The highest BCUT2D eigenvalue weighted by Gasteiger charge is 2.61. The van der Waals surface area contributed by atoms with Crippen LogP contribution >= 0.6 is 0 Å². The van der Waals surface area contributed by atoms with Crippen molar-refractivity contribution in [2.24, 2.45) is 17.3 Å². The van der Waals surface area contributed by atoms with Gasteiger partial charge in [-0.15, -0.1) is 0 Å². The maximum Gasteiger partial charge on any atom is 0.307 e. The monoisotopic (exact) mass is 170 g/mol. The van der Waals surface area contributed by atoms with Crippen molar-refractivity contribution in [1.82, 2.24) is 0 Å². The van der Waals surface area contributed by atoms with Crippen molar-refractivity contribution in [2.75, 3.05) is 0 Å². The van der Waals surface area contributed by atoms with Gasteiger partial charge in [-0.2, -0.15) is 0 Å². The van der Waals surface area contributed by atoms with E-state index in [0.29, 0.717) is 5.92 Å². The van der Waals surface area contributed by atoms with E-state index in [1.54, 1.807) is 0 Å². The van der Waals surface area contributed by atoms with Crippen LogP contribution in [-0.4, -0.2) is 11.1 Å². The van der Waals surface area contributed by atoms with Gasteiger partial charge in [0.25, 0.3) is 0 Å². The van der Waals surface area contributed by atoms with Gasteiger partial charge in [0, 0.05) is 0 Å². The van der Waals surface area contributed by atoms with E-state index >= 15 is 0 Å². The molecule has 0 bridgehead atoms. The van der Waals surface area contributed by atoms with Gasteiger partial charge in [-0.1, -0.05) is 33.6 Å². The number of carboxylic acids is 1. The Morgan fingerprint density at radius 1 is 1.50 bits per heavy atom. The summed E-state index contributed by atoms with van der Waals surface area (Å²) in [6.45, 7) is 6.27. The number of hydrogen-bond acceptors (Lipinski definition) is 1. The van der Waals surface area contributed by atoms with Crippen LogP contribution in [0.2, 0.25) is 0 Å². The Balaban J connectivity index is 2.43. The summed E-state index contributed by atoms with van der Waals surface area (Å²) in [6.07, 6.45) is 3.41. The number of hydrogen-bond donors (Lipinski definition) is 1. The van der Waals surface area contributed by atoms with Gasteiger partial charge in [-0.3, -0.25) is 4.79 Å². The largest absolute Gasteiger partial charge is 0.481 e. The molecule has 1 N–H and O–H groups in total.